The highest BCUT2D eigenvalue weighted by molar-refractivity contribution is 9.10. The molecule has 1 aliphatic heterocycles. The number of nitrogens with zero attached hydrogens (tertiary/aromatic N) is 2. The minimum absolute atomic E-state index is 0.00824. The highest BCUT2D eigenvalue weighted by Gasteiger charge is 2.26. The van der Waals surface area contributed by atoms with Crippen LogP contribution in [-0.2, 0) is 0 Å². The summed E-state index contributed by atoms with van der Waals surface area (Å²) in [6.07, 6.45) is 0. The molecule has 1 aliphatic rings. The van der Waals surface area contributed by atoms with Crippen LogP contribution in [0.3, 0.4) is 0 Å². The molecule has 1 aromatic heterocycles. The second kappa shape index (κ2) is 7.67. The van der Waals surface area contributed by atoms with Crippen molar-refractivity contribution in [3.8, 4) is 5.75 Å². The minimum atomic E-state index is -0.0512. The summed E-state index contributed by atoms with van der Waals surface area (Å²) in [5.41, 5.74) is 2.10. The van der Waals surface area contributed by atoms with Crippen LogP contribution in [0.5, 0.6) is 5.75 Å². The lowest BCUT2D eigenvalue weighted by molar-refractivity contribution is 0.0533. The number of nitrogens with one attached hydrogen (secondary N) is 1. The number of ether oxygens (including phenoxy) is 1. The molecule has 1 saturated heterocycles. The van der Waals surface area contributed by atoms with Crippen molar-refractivity contribution in [2.75, 3.05) is 33.3 Å². The average molecular weight is 442 g/mol. The van der Waals surface area contributed by atoms with Gasteiger partial charge in [0.2, 0.25) is 0 Å². The monoisotopic (exact) mass is 441 g/mol. The fraction of sp³-hybridized carbons (Fsp3) is 0.238. The van der Waals surface area contributed by atoms with Crippen LogP contribution in [0.2, 0.25) is 0 Å². The molecule has 6 nitrogen and oxygen atoms in total. The fourth-order valence-electron chi connectivity index (χ4n) is 3.44. The Labute approximate surface area is 171 Å². The maximum Gasteiger partial charge on any atom is 0.270 e. The van der Waals surface area contributed by atoms with Gasteiger partial charge in [-0.3, -0.25) is 9.59 Å². The summed E-state index contributed by atoms with van der Waals surface area (Å²) in [7, 11) is 1.62. The molecule has 28 heavy (non-hydrogen) atoms. The molecule has 0 saturated carbocycles. The molecule has 0 unspecified atom stereocenters. The molecule has 2 aromatic carbocycles. The SMILES string of the molecule is COc1ccc2[nH]c(C(=O)N3CCN(C(=O)c4cccc(Br)c4)CC3)cc2c1. The lowest BCUT2D eigenvalue weighted by Crippen LogP contribution is -2.50. The molecule has 0 spiro atoms. The van der Waals surface area contributed by atoms with E-state index in [2.05, 4.69) is 20.9 Å². The summed E-state index contributed by atoms with van der Waals surface area (Å²) < 4.78 is 6.11. The topological polar surface area (TPSA) is 65.6 Å². The molecule has 1 fully saturated rings. The van der Waals surface area contributed by atoms with Crippen LogP contribution in [0.15, 0.2) is 53.0 Å². The molecule has 144 valence electrons. The van der Waals surface area contributed by atoms with Crippen molar-refractivity contribution in [2.24, 2.45) is 0 Å². The average Bonchev–Trinajstić information content (AvgIpc) is 3.16. The zero-order valence-corrected chi connectivity index (χ0v) is 17.0. The van der Waals surface area contributed by atoms with Crippen LogP contribution >= 0.6 is 15.9 Å². The Morgan fingerprint density at radius 1 is 0.964 bits per heavy atom. The standard InChI is InChI=1S/C21H20BrN3O3/c1-28-17-5-6-18-15(12-17)13-19(23-18)21(27)25-9-7-24(8-10-25)20(26)14-3-2-4-16(22)11-14/h2-6,11-13,23H,7-10H2,1H3. The van der Waals surface area contributed by atoms with Gasteiger partial charge < -0.3 is 19.5 Å². The second-order valence-corrected chi connectivity index (χ2v) is 7.65. The molecule has 2 amide bonds. The Morgan fingerprint density at radius 2 is 1.68 bits per heavy atom. The van der Waals surface area contributed by atoms with Crippen LogP contribution in [0.1, 0.15) is 20.8 Å². The number of hydrogen-bond acceptors (Lipinski definition) is 3. The van der Waals surface area contributed by atoms with Gasteiger partial charge in [-0.2, -0.15) is 0 Å². The van der Waals surface area contributed by atoms with Gasteiger partial charge in [0.25, 0.3) is 11.8 Å². The van der Waals surface area contributed by atoms with E-state index in [-0.39, 0.29) is 11.8 Å². The number of halogens is 1. The number of H-pyrrole nitrogens is 1. The van der Waals surface area contributed by atoms with Crippen LogP contribution in [0.4, 0.5) is 0 Å². The van der Waals surface area contributed by atoms with Gasteiger partial charge in [0.1, 0.15) is 11.4 Å². The first kappa shape index (κ1) is 18.6. The zero-order chi connectivity index (χ0) is 19.7. The first-order valence-electron chi connectivity index (χ1n) is 9.06. The van der Waals surface area contributed by atoms with Crippen molar-refractivity contribution < 1.29 is 14.3 Å². The summed E-state index contributed by atoms with van der Waals surface area (Å²) in [6, 6.07) is 14.9. The summed E-state index contributed by atoms with van der Waals surface area (Å²) in [4.78, 5) is 32.3. The number of piperazine rings is 1. The lowest BCUT2D eigenvalue weighted by Gasteiger charge is -2.34. The number of hydrogen-bond donors (Lipinski definition) is 1. The highest BCUT2D eigenvalue weighted by Crippen LogP contribution is 2.22. The van der Waals surface area contributed by atoms with E-state index in [1.165, 1.54) is 0 Å². The number of amides is 2. The van der Waals surface area contributed by atoms with E-state index >= 15 is 0 Å². The van der Waals surface area contributed by atoms with E-state index in [4.69, 9.17) is 4.74 Å². The van der Waals surface area contributed by atoms with Crippen molar-refractivity contribution in [1.82, 2.24) is 14.8 Å². The van der Waals surface area contributed by atoms with Gasteiger partial charge >= 0.3 is 0 Å². The molecule has 7 heteroatoms. The number of rotatable bonds is 3. The summed E-state index contributed by atoms with van der Waals surface area (Å²) in [5, 5.41) is 0.936. The number of carbonyl (C=O) groups is 2. The van der Waals surface area contributed by atoms with Gasteiger partial charge in [0.15, 0.2) is 0 Å². The van der Waals surface area contributed by atoms with Crippen LogP contribution < -0.4 is 4.74 Å². The van der Waals surface area contributed by atoms with Crippen molar-refractivity contribution in [3.05, 3.63) is 64.3 Å². The van der Waals surface area contributed by atoms with Gasteiger partial charge in [0.05, 0.1) is 7.11 Å². The predicted octanol–water partition coefficient (Wildman–Crippen LogP) is 3.54. The van der Waals surface area contributed by atoms with E-state index in [0.717, 1.165) is 21.1 Å². The smallest absolute Gasteiger partial charge is 0.270 e. The summed E-state index contributed by atoms with van der Waals surface area (Å²) in [5.74, 6) is 0.695. The predicted molar refractivity (Wildman–Crippen MR) is 111 cm³/mol. The van der Waals surface area contributed by atoms with Gasteiger partial charge in [-0.15, -0.1) is 0 Å². The molecular formula is C21H20BrN3O3. The molecule has 3 aromatic rings. The Kier molecular flexibility index (Phi) is 5.09. The van der Waals surface area contributed by atoms with Crippen molar-refractivity contribution in [1.29, 1.82) is 0 Å². The third-order valence-electron chi connectivity index (χ3n) is 4.98. The number of carbonyl (C=O) groups excluding carboxylic acids is 2. The normalized spacial score (nSPS) is 14.4. The van der Waals surface area contributed by atoms with E-state index in [0.29, 0.717) is 37.4 Å². The number of fused-ring (bicyclic) bond motifs is 1. The summed E-state index contributed by atoms with van der Waals surface area (Å²) in [6.45, 7) is 2.06. The zero-order valence-electron chi connectivity index (χ0n) is 15.4. The number of aromatic amines is 1. The Morgan fingerprint density at radius 3 is 2.36 bits per heavy atom. The third-order valence-corrected chi connectivity index (χ3v) is 5.48. The largest absolute Gasteiger partial charge is 0.497 e. The second-order valence-electron chi connectivity index (χ2n) is 6.73. The van der Waals surface area contributed by atoms with Crippen molar-refractivity contribution in [2.45, 2.75) is 0 Å². The molecule has 0 atom stereocenters. The van der Waals surface area contributed by atoms with E-state index in [1.807, 2.05) is 48.5 Å². The molecular weight excluding hydrogens is 422 g/mol. The molecule has 2 heterocycles. The molecule has 4 rings (SSSR count). The van der Waals surface area contributed by atoms with Crippen LogP contribution in [0, 0.1) is 0 Å². The fourth-order valence-corrected chi connectivity index (χ4v) is 3.84. The maximum absolute atomic E-state index is 12.9. The van der Waals surface area contributed by atoms with Gasteiger partial charge in [0, 0.05) is 47.1 Å². The van der Waals surface area contributed by atoms with Gasteiger partial charge in [-0.25, -0.2) is 0 Å². The van der Waals surface area contributed by atoms with E-state index < -0.39 is 0 Å². The van der Waals surface area contributed by atoms with Gasteiger partial charge in [-0.1, -0.05) is 22.0 Å². The van der Waals surface area contributed by atoms with Gasteiger partial charge in [-0.05, 0) is 42.5 Å². The lowest BCUT2D eigenvalue weighted by atomic mass is 10.2. The molecule has 0 radical (unpaired) electrons. The first-order valence-corrected chi connectivity index (χ1v) is 9.85. The molecule has 1 N–H and O–H groups in total. The number of benzene rings is 2. The molecule has 0 aliphatic carbocycles. The highest BCUT2D eigenvalue weighted by atomic mass is 79.9. The first-order chi connectivity index (χ1) is 13.5. The number of methoxy groups -OCH3 is 1. The van der Waals surface area contributed by atoms with E-state index in [9.17, 15) is 9.59 Å². The van der Waals surface area contributed by atoms with E-state index in [1.54, 1.807) is 16.9 Å². The van der Waals surface area contributed by atoms with Crippen molar-refractivity contribution >= 4 is 38.6 Å². The Hall–Kier alpha value is -2.80. The Bertz CT molecular complexity index is 1040. The molecule has 0 bridgehead atoms. The quantitative estimate of drug-likeness (QED) is 0.675. The third kappa shape index (κ3) is 3.62. The Balaban J connectivity index is 1.43. The number of aromatic nitrogens is 1. The minimum Gasteiger partial charge on any atom is -0.497 e. The van der Waals surface area contributed by atoms with Crippen molar-refractivity contribution in [3.63, 3.8) is 0 Å². The maximum atomic E-state index is 12.9. The van der Waals surface area contributed by atoms with Crippen LogP contribution in [-0.4, -0.2) is 59.9 Å². The summed E-state index contributed by atoms with van der Waals surface area (Å²) >= 11 is 3.40. The van der Waals surface area contributed by atoms with Crippen LogP contribution in [0.25, 0.3) is 10.9 Å².